The van der Waals surface area contributed by atoms with Gasteiger partial charge in [0.1, 0.15) is 5.69 Å². The molecule has 0 amide bonds. The largest absolute Gasteiger partial charge is 0.409 e. The van der Waals surface area contributed by atoms with Gasteiger partial charge in [-0.3, -0.25) is 4.98 Å². The fraction of sp³-hybridized carbons (Fsp3) is 0.571. The van der Waals surface area contributed by atoms with Crippen molar-refractivity contribution in [2.24, 2.45) is 16.8 Å². The Morgan fingerprint density at radius 2 is 2.26 bits per heavy atom. The van der Waals surface area contributed by atoms with Crippen LogP contribution in [0.5, 0.6) is 0 Å². The summed E-state index contributed by atoms with van der Waals surface area (Å²) in [4.78, 5) is 4.15. The molecule has 5 nitrogen and oxygen atoms in total. The maximum atomic E-state index is 8.73. The Morgan fingerprint density at radius 3 is 3.00 bits per heavy atom. The average molecular weight is 262 g/mol. The molecular formula is C14H22N4O. The average Bonchev–Trinajstić information content (AvgIpc) is 2.96. The Bertz CT molecular complexity index is 427. The molecule has 1 fully saturated rings. The predicted octanol–water partition coefficient (Wildman–Crippen LogP) is 1.85. The van der Waals surface area contributed by atoms with E-state index >= 15 is 0 Å². The zero-order valence-corrected chi connectivity index (χ0v) is 11.2. The first-order chi connectivity index (χ1) is 9.31. The van der Waals surface area contributed by atoms with Crippen molar-refractivity contribution in [2.45, 2.75) is 38.6 Å². The van der Waals surface area contributed by atoms with Gasteiger partial charge >= 0.3 is 0 Å². The molecule has 0 aromatic carbocycles. The van der Waals surface area contributed by atoms with E-state index in [9.17, 15) is 0 Å². The van der Waals surface area contributed by atoms with Crippen molar-refractivity contribution >= 4 is 5.84 Å². The van der Waals surface area contributed by atoms with Gasteiger partial charge in [-0.25, -0.2) is 0 Å². The van der Waals surface area contributed by atoms with Crippen molar-refractivity contribution in [3.8, 4) is 0 Å². The van der Waals surface area contributed by atoms with Gasteiger partial charge < -0.3 is 16.3 Å². The summed E-state index contributed by atoms with van der Waals surface area (Å²) in [5.74, 6) is 0.957. The van der Waals surface area contributed by atoms with Crippen LogP contribution in [-0.4, -0.2) is 22.6 Å². The summed E-state index contributed by atoms with van der Waals surface area (Å²) < 4.78 is 0. The minimum atomic E-state index is 0.0631. The second kappa shape index (κ2) is 7.09. The Balaban J connectivity index is 1.82. The molecule has 0 atom stereocenters. The first-order valence-corrected chi connectivity index (χ1v) is 6.93. The van der Waals surface area contributed by atoms with Crippen LogP contribution in [0.2, 0.25) is 0 Å². The monoisotopic (exact) mass is 262 g/mol. The number of hydrogen-bond acceptors (Lipinski definition) is 4. The van der Waals surface area contributed by atoms with Crippen molar-refractivity contribution < 1.29 is 5.21 Å². The van der Waals surface area contributed by atoms with Gasteiger partial charge in [-0.2, -0.15) is 0 Å². The van der Waals surface area contributed by atoms with E-state index in [1.807, 2.05) is 12.1 Å². The zero-order valence-electron chi connectivity index (χ0n) is 11.2. The number of oxime groups is 1. The summed E-state index contributed by atoms with van der Waals surface area (Å²) in [5.41, 5.74) is 7.12. The van der Waals surface area contributed by atoms with Gasteiger partial charge in [-0.1, -0.05) is 36.9 Å². The Hall–Kier alpha value is -1.62. The van der Waals surface area contributed by atoms with Crippen molar-refractivity contribution in [2.75, 3.05) is 6.54 Å². The van der Waals surface area contributed by atoms with E-state index in [0.29, 0.717) is 12.2 Å². The van der Waals surface area contributed by atoms with Gasteiger partial charge in [0, 0.05) is 12.7 Å². The van der Waals surface area contributed by atoms with Crippen LogP contribution < -0.4 is 11.1 Å². The zero-order chi connectivity index (χ0) is 13.5. The maximum Gasteiger partial charge on any atom is 0.189 e. The van der Waals surface area contributed by atoms with Gasteiger partial charge in [-0.05, 0) is 30.5 Å². The number of amidine groups is 1. The normalized spacial score (nSPS) is 16.9. The number of rotatable bonds is 6. The molecule has 0 aliphatic heterocycles. The molecule has 2 rings (SSSR count). The molecule has 1 saturated carbocycles. The molecule has 0 bridgehead atoms. The highest BCUT2D eigenvalue weighted by Gasteiger charge is 2.14. The third-order valence-corrected chi connectivity index (χ3v) is 3.76. The molecule has 4 N–H and O–H groups in total. The second-order valence-electron chi connectivity index (χ2n) is 5.11. The summed E-state index contributed by atoms with van der Waals surface area (Å²) in [5, 5.41) is 15.2. The minimum absolute atomic E-state index is 0.0631. The fourth-order valence-electron chi connectivity index (χ4n) is 2.69. The van der Waals surface area contributed by atoms with Crippen LogP contribution in [-0.2, 0) is 6.54 Å². The van der Waals surface area contributed by atoms with Gasteiger partial charge in [0.15, 0.2) is 5.84 Å². The molecule has 1 aliphatic carbocycles. The Morgan fingerprint density at radius 1 is 1.47 bits per heavy atom. The van der Waals surface area contributed by atoms with Crippen molar-refractivity contribution in [1.29, 1.82) is 0 Å². The summed E-state index contributed by atoms with van der Waals surface area (Å²) in [6, 6.07) is 3.81. The number of pyridine rings is 1. The van der Waals surface area contributed by atoms with Crippen molar-refractivity contribution in [3.05, 3.63) is 29.6 Å². The van der Waals surface area contributed by atoms with Crippen molar-refractivity contribution in [3.63, 3.8) is 0 Å². The topological polar surface area (TPSA) is 83.5 Å². The van der Waals surface area contributed by atoms with Crippen LogP contribution >= 0.6 is 0 Å². The molecule has 104 valence electrons. The molecule has 0 unspecified atom stereocenters. The highest BCUT2D eigenvalue weighted by atomic mass is 16.4. The first kappa shape index (κ1) is 13.8. The lowest BCUT2D eigenvalue weighted by atomic mass is 10.0. The van der Waals surface area contributed by atoms with Gasteiger partial charge in [0.05, 0.1) is 0 Å². The van der Waals surface area contributed by atoms with Crippen LogP contribution in [0.4, 0.5) is 0 Å². The number of nitrogens with zero attached hydrogens (tertiary/aromatic N) is 2. The van der Waals surface area contributed by atoms with Gasteiger partial charge in [0.2, 0.25) is 0 Å². The van der Waals surface area contributed by atoms with Crippen LogP contribution in [0.1, 0.15) is 43.4 Å². The van der Waals surface area contributed by atoms with E-state index in [2.05, 4.69) is 15.5 Å². The van der Waals surface area contributed by atoms with E-state index in [-0.39, 0.29) is 5.84 Å². The third kappa shape index (κ3) is 3.92. The van der Waals surface area contributed by atoms with E-state index in [4.69, 9.17) is 10.9 Å². The highest BCUT2D eigenvalue weighted by Crippen LogP contribution is 2.26. The quantitative estimate of drug-likeness (QED) is 0.240. The minimum Gasteiger partial charge on any atom is -0.409 e. The number of hydrogen-bond donors (Lipinski definition) is 3. The summed E-state index contributed by atoms with van der Waals surface area (Å²) in [6.07, 6.45) is 8.42. The summed E-state index contributed by atoms with van der Waals surface area (Å²) in [6.45, 7) is 1.71. The molecule has 0 spiro atoms. The van der Waals surface area contributed by atoms with Crippen LogP contribution in [0.3, 0.4) is 0 Å². The molecule has 1 aliphatic rings. The van der Waals surface area contributed by atoms with E-state index in [0.717, 1.165) is 18.0 Å². The summed E-state index contributed by atoms with van der Waals surface area (Å²) >= 11 is 0. The van der Waals surface area contributed by atoms with E-state index < -0.39 is 0 Å². The fourth-order valence-corrected chi connectivity index (χ4v) is 2.69. The molecule has 1 aromatic rings. The molecular weight excluding hydrogens is 240 g/mol. The lowest BCUT2D eigenvalue weighted by Crippen LogP contribution is -2.22. The molecule has 0 saturated heterocycles. The highest BCUT2D eigenvalue weighted by molar-refractivity contribution is 5.96. The van der Waals surface area contributed by atoms with Crippen LogP contribution in [0.15, 0.2) is 23.5 Å². The number of nitrogens with one attached hydrogen (secondary N) is 1. The molecule has 5 heteroatoms. The standard InChI is InChI=1S/C14H22N4O/c15-14(18-19)13-12(6-3-8-17-13)10-16-9-7-11-4-1-2-5-11/h3,6,8,11,16,19H,1-2,4-5,7,9-10H2,(H2,15,18). The van der Waals surface area contributed by atoms with Gasteiger partial charge in [0.25, 0.3) is 0 Å². The van der Waals surface area contributed by atoms with E-state index in [1.54, 1.807) is 6.20 Å². The van der Waals surface area contributed by atoms with E-state index in [1.165, 1.54) is 32.1 Å². The third-order valence-electron chi connectivity index (χ3n) is 3.76. The number of nitrogens with two attached hydrogens (primary N) is 1. The van der Waals surface area contributed by atoms with Crippen LogP contribution in [0.25, 0.3) is 0 Å². The summed E-state index contributed by atoms with van der Waals surface area (Å²) in [7, 11) is 0. The maximum absolute atomic E-state index is 8.73. The van der Waals surface area contributed by atoms with Crippen molar-refractivity contribution in [1.82, 2.24) is 10.3 Å². The SMILES string of the molecule is NC(=NO)c1ncccc1CNCCC1CCCC1. The molecule has 1 heterocycles. The Labute approximate surface area is 113 Å². The second-order valence-corrected chi connectivity index (χ2v) is 5.11. The van der Waals surface area contributed by atoms with Gasteiger partial charge in [-0.15, -0.1) is 0 Å². The lowest BCUT2D eigenvalue weighted by Gasteiger charge is -2.11. The number of aromatic nitrogens is 1. The lowest BCUT2D eigenvalue weighted by molar-refractivity contribution is 0.318. The van der Waals surface area contributed by atoms with Crippen LogP contribution in [0, 0.1) is 5.92 Å². The first-order valence-electron chi connectivity index (χ1n) is 6.93. The predicted molar refractivity (Wildman–Crippen MR) is 75.0 cm³/mol. The molecule has 19 heavy (non-hydrogen) atoms. The molecule has 1 aromatic heterocycles. The Kier molecular flexibility index (Phi) is 5.15. The smallest absolute Gasteiger partial charge is 0.189 e. The molecule has 0 radical (unpaired) electrons.